The number of benzene rings is 1. The van der Waals surface area contributed by atoms with Crippen molar-refractivity contribution in [3.05, 3.63) is 63.5 Å². The van der Waals surface area contributed by atoms with Crippen LogP contribution in [0.3, 0.4) is 0 Å². The molecule has 0 N–H and O–H groups in total. The zero-order valence-corrected chi connectivity index (χ0v) is 24.2. The predicted molar refractivity (Wildman–Crippen MR) is 149 cm³/mol. The van der Waals surface area contributed by atoms with Crippen molar-refractivity contribution in [2.75, 3.05) is 50.4 Å². The molecule has 5 rings (SSSR count). The van der Waals surface area contributed by atoms with E-state index in [2.05, 4.69) is 14.8 Å². The number of rotatable bonds is 7. The normalized spacial score (nSPS) is 17.3. The Bertz CT molecular complexity index is 1450. The van der Waals surface area contributed by atoms with Gasteiger partial charge in [-0.3, -0.25) is 14.6 Å². The number of piperazine rings is 1. The van der Waals surface area contributed by atoms with Crippen molar-refractivity contribution in [2.45, 2.75) is 32.1 Å². The van der Waals surface area contributed by atoms with E-state index in [1.807, 2.05) is 4.68 Å². The van der Waals surface area contributed by atoms with Gasteiger partial charge in [0, 0.05) is 88.0 Å². The minimum atomic E-state index is -4.44. The van der Waals surface area contributed by atoms with Gasteiger partial charge in [0.25, 0.3) is 0 Å². The molecule has 0 atom stereocenters. The number of nitrogens with zero attached hydrogens (tertiary/aromatic N) is 6. The number of aryl methyl sites for hydroxylation is 1. The quantitative estimate of drug-likeness (QED) is 0.380. The molecule has 14 heteroatoms. The second-order valence-electron chi connectivity index (χ2n) is 10.1. The van der Waals surface area contributed by atoms with E-state index >= 15 is 0 Å². The number of aromatic nitrogens is 3. The van der Waals surface area contributed by atoms with Crippen molar-refractivity contribution in [2.24, 2.45) is 0 Å². The minimum Gasteiger partial charge on any atom is -0.366 e. The first kappa shape index (κ1) is 29.1. The number of alkyl halides is 3. The Balaban J connectivity index is 1.28. The highest BCUT2D eigenvalue weighted by Crippen LogP contribution is 2.35. The van der Waals surface area contributed by atoms with Gasteiger partial charge in [0.15, 0.2) is 0 Å². The Hall–Kier alpha value is -2.38. The van der Waals surface area contributed by atoms with Gasteiger partial charge in [-0.05, 0) is 18.6 Å². The van der Waals surface area contributed by atoms with Crippen LogP contribution >= 0.6 is 23.2 Å². The second-order valence-corrected chi connectivity index (χ2v) is 12.8. The molecule has 0 unspecified atom stereocenters. The Morgan fingerprint density at radius 3 is 2.20 bits per heavy atom. The van der Waals surface area contributed by atoms with Crippen LogP contribution in [-0.4, -0.2) is 77.9 Å². The first-order valence-electron chi connectivity index (χ1n) is 12.9. The fraction of sp³-hybridized carbons (Fsp3) is 0.462. The summed E-state index contributed by atoms with van der Waals surface area (Å²) >= 11 is 12.6. The Labute approximate surface area is 241 Å². The highest BCUT2D eigenvalue weighted by atomic mass is 35.5. The lowest BCUT2D eigenvalue weighted by Gasteiger charge is -2.36. The van der Waals surface area contributed by atoms with E-state index in [9.17, 15) is 21.6 Å². The highest BCUT2D eigenvalue weighted by molar-refractivity contribution is 7.88. The highest BCUT2D eigenvalue weighted by Gasteiger charge is 2.32. The zero-order valence-electron chi connectivity index (χ0n) is 21.8. The number of hydrogen-bond donors (Lipinski definition) is 0. The van der Waals surface area contributed by atoms with Crippen molar-refractivity contribution in [1.82, 2.24) is 24.0 Å². The van der Waals surface area contributed by atoms with E-state index in [-0.39, 0.29) is 6.54 Å². The number of halogens is 5. The number of pyridine rings is 1. The standard InChI is InChI=1S/C26H29Cl2F3N6O2S/c1-40(38,39)36-10-7-23-20(17-36)24(18-3-5-19(6-4-18)26(29,30)31)33-37(23)9-2-8-34-11-13-35(14-12-34)25-21(27)15-32-16-22(25)28/h3-6,15-16H,2,7-14,17H2,1H3. The molecule has 1 saturated heterocycles. The van der Waals surface area contributed by atoms with Gasteiger partial charge in [-0.25, -0.2) is 8.42 Å². The van der Waals surface area contributed by atoms with Gasteiger partial charge in [0.1, 0.15) is 0 Å². The van der Waals surface area contributed by atoms with Crippen molar-refractivity contribution >= 4 is 38.9 Å². The molecule has 1 fully saturated rings. The van der Waals surface area contributed by atoms with Gasteiger partial charge >= 0.3 is 6.18 Å². The van der Waals surface area contributed by atoms with Gasteiger partial charge in [-0.1, -0.05) is 35.3 Å². The summed E-state index contributed by atoms with van der Waals surface area (Å²) < 4.78 is 67.1. The number of fused-ring (bicyclic) bond motifs is 1. The third-order valence-corrected chi connectivity index (χ3v) is 9.22. The smallest absolute Gasteiger partial charge is 0.366 e. The lowest BCUT2D eigenvalue weighted by Crippen LogP contribution is -2.47. The molecule has 4 heterocycles. The van der Waals surface area contributed by atoms with Crippen LogP contribution in [0.1, 0.15) is 23.2 Å². The van der Waals surface area contributed by atoms with Gasteiger partial charge in [0.05, 0.1) is 33.2 Å². The molecule has 2 aliphatic rings. The van der Waals surface area contributed by atoms with Crippen molar-refractivity contribution in [1.29, 1.82) is 0 Å². The van der Waals surface area contributed by atoms with Crippen LogP contribution in [0, 0.1) is 0 Å². The Morgan fingerprint density at radius 1 is 0.950 bits per heavy atom. The van der Waals surface area contributed by atoms with Crippen molar-refractivity contribution in [3.8, 4) is 11.3 Å². The largest absolute Gasteiger partial charge is 0.416 e. The molecule has 0 aliphatic carbocycles. The van der Waals surface area contributed by atoms with E-state index < -0.39 is 21.8 Å². The molecule has 1 aromatic carbocycles. The van der Waals surface area contributed by atoms with E-state index in [4.69, 9.17) is 28.3 Å². The van der Waals surface area contributed by atoms with Crippen LogP contribution in [0.15, 0.2) is 36.7 Å². The Kier molecular flexibility index (Phi) is 8.36. The number of anilines is 1. The molecular weight excluding hydrogens is 588 g/mol. The van der Waals surface area contributed by atoms with Crippen LogP contribution in [0.2, 0.25) is 10.0 Å². The molecule has 0 saturated carbocycles. The maximum Gasteiger partial charge on any atom is 0.416 e. The molecule has 8 nitrogen and oxygen atoms in total. The lowest BCUT2D eigenvalue weighted by molar-refractivity contribution is -0.137. The van der Waals surface area contributed by atoms with Gasteiger partial charge < -0.3 is 4.90 Å². The van der Waals surface area contributed by atoms with Gasteiger partial charge in [-0.2, -0.15) is 22.6 Å². The lowest BCUT2D eigenvalue weighted by atomic mass is 10.0. The van der Waals surface area contributed by atoms with E-state index in [0.717, 1.165) is 74.5 Å². The molecule has 0 bridgehead atoms. The average molecular weight is 618 g/mol. The molecule has 0 radical (unpaired) electrons. The predicted octanol–water partition coefficient (Wildman–Crippen LogP) is 4.80. The van der Waals surface area contributed by atoms with Crippen LogP contribution in [0.25, 0.3) is 11.3 Å². The first-order valence-corrected chi connectivity index (χ1v) is 15.5. The third kappa shape index (κ3) is 6.25. The Morgan fingerprint density at radius 2 is 1.60 bits per heavy atom. The van der Waals surface area contributed by atoms with Gasteiger partial charge in [-0.15, -0.1) is 0 Å². The number of sulfonamides is 1. The van der Waals surface area contributed by atoms with Gasteiger partial charge in [0.2, 0.25) is 10.0 Å². The van der Waals surface area contributed by atoms with Crippen molar-refractivity contribution < 1.29 is 21.6 Å². The fourth-order valence-electron chi connectivity index (χ4n) is 5.33. The molecule has 2 aliphatic heterocycles. The van der Waals surface area contributed by atoms with Crippen LogP contribution in [0.4, 0.5) is 18.9 Å². The summed E-state index contributed by atoms with van der Waals surface area (Å²) in [5, 5.41) is 5.84. The summed E-state index contributed by atoms with van der Waals surface area (Å²) in [6, 6.07) is 4.86. The summed E-state index contributed by atoms with van der Waals surface area (Å²) in [6.45, 7) is 5.17. The maximum atomic E-state index is 13.1. The maximum absolute atomic E-state index is 13.1. The molecule has 40 heavy (non-hydrogen) atoms. The monoisotopic (exact) mass is 616 g/mol. The fourth-order valence-corrected chi connectivity index (χ4v) is 6.72. The topological polar surface area (TPSA) is 74.6 Å². The second kappa shape index (κ2) is 11.5. The third-order valence-electron chi connectivity index (χ3n) is 7.41. The van der Waals surface area contributed by atoms with Crippen LogP contribution in [0.5, 0.6) is 0 Å². The summed E-state index contributed by atoms with van der Waals surface area (Å²) in [6.07, 6.45) is 1.21. The van der Waals surface area contributed by atoms with E-state index in [0.29, 0.717) is 40.8 Å². The molecule has 2 aromatic heterocycles. The van der Waals surface area contributed by atoms with Crippen molar-refractivity contribution in [3.63, 3.8) is 0 Å². The van der Waals surface area contributed by atoms with Crippen LogP contribution < -0.4 is 4.90 Å². The number of hydrogen-bond acceptors (Lipinski definition) is 6. The minimum absolute atomic E-state index is 0.145. The molecule has 216 valence electrons. The summed E-state index contributed by atoms with van der Waals surface area (Å²) in [5.41, 5.74) is 2.80. The molecular formula is C26H29Cl2F3N6O2S. The molecule has 0 amide bonds. The van der Waals surface area contributed by atoms with Crippen LogP contribution in [-0.2, 0) is 35.7 Å². The molecule has 3 aromatic rings. The SMILES string of the molecule is CS(=O)(=O)N1CCc2c(c(-c3ccc(C(F)(F)F)cc3)nn2CCCN2CCN(c3c(Cl)cncc3Cl)CC2)C1. The summed E-state index contributed by atoms with van der Waals surface area (Å²) in [7, 11) is -3.43. The zero-order chi connectivity index (χ0) is 28.7. The first-order chi connectivity index (χ1) is 18.9. The van der Waals surface area contributed by atoms with E-state index in [1.165, 1.54) is 16.4 Å². The molecule has 0 spiro atoms. The van der Waals surface area contributed by atoms with E-state index in [1.54, 1.807) is 12.4 Å². The average Bonchev–Trinajstić information content (AvgIpc) is 3.26. The summed E-state index contributed by atoms with van der Waals surface area (Å²) in [4.78, 5) is 8.54. The summed E-state index contributed by atoms with van der Waals surface area (Å²) in [5.74, 6) is 0.